The topological polar surface area (TPSA) is 29.1 Å². The fourth-order valence-corrected chi connectivity index (χ4v) is 1.78. The zero-order valence-electron chi connectivity index (χ0n) is 10.1. The first kappa shape index (κ1) is 13.1. The van der Waals surface area contributed by atoms with Gasteiger partial charge in [0.15, 0.2) is 0 Å². The Morgan fingerprint density at radius 2 is 1.88 bits per heavy atom. The predicted molar refractivity (Wildman–Crippen MR) is 71.4 cm³/mol. The highest BCUT2D eigenvalue weighted by molar-refractivity contribution is 7.84. The standard InChI is InChI=1S/C13H19NOS/c1-13(2,3)16(15)14-11-7-10-12-8-5-4-6-9-12/h4-10,14H,11H2,1-3H3/t16-/m0/s1. The molecule has 0 unspecified atom stereocenters. The van der Waals surface area contributed by atoms with Gasteiger partial charge in [0.2, 0.25) is 0 Å². The van der Waals surface area contributed by atoms with E-state index in [1.165, 1.54) is 0 Å². The van der Waals surface area contributed by atoms with Gasteiger partial charge in [-0.3, -0.25) is 0 Å². The molecule has 0 amide bonds. The smallest absolute Gasteiger partial charge is 0.0973 e. The maximum atomic E-state index is 11.6. The average Bonchev–Trinajstić information content (AvgIpc) is 2.24. The molecular formula is C13H19NOS. The molecular weight excluding hydrogens is 218 g/mol. The van der Waals surface area contributed by atoms with Crippen molar-refractivity contribution in [2.45, 2.75) is 25.5 Å². The van der Waals surface area contributed by atoms with E-state index < -0.39 is 11.0 Å². The van der Waals surface area contributed by atoms with Crippen LogP contribution in [0.1, 0.15) is 26.3 Å². The molecule has 0 aliphatic heterocycles. The van der Waals surface area contributed by atoms with Gasteiger partial charge in [-0.2, -0.15) is 0 Å². The fraction of sp³-hybridized carbons (Fsp3) is 0.385. The second kappa shape index (κ2) is 5.97. The third kappa shape index (κ3) is 4.73. The molecule has 1 aromatic carbocycles. The molecule has 0 radical (unpaired) electrons. The summed E-state index contributed by atoms with van der Waals surface area (Å²) in [6.45, 7) is 6.49. The van der Waals surface area contributed by atoms with Crippen LogP contribution in [0.2, 0.25) is 0 Å². The van der Waals surface area contributed by atoms with Gasteiger partial charge < -0.3 is 0 Å². The van der Waals surface area contributed by atoms with Crippen molar-refractivity contribution in [3.8, 4) is 0 Å². The van der Waals surface area contributed by atoms with Crippen molar-refractivity contribution >= 4 is 17.1 Å². The van der Waals surface area contributed by atoms with Crippen LogP contribution in [0, 0.1) is 0 Å². The van der Waals surface area contributed by atoms with Crippen molar-refractivity contribution in [2.24, 2.45) is 0 Å². The highest BCUT2D eigenvalue weighted by Crippen LogP contribution is 2.08. The summed E-state index contributed by atoms with van der Waals surface area (Å²) in [6, 6.07) is 10.1. The maximum Gasteiger partial charge on any atom is 0.0973 e. The Bertz CT molecular complexity index is 365. The summed E-state index contributed by atoms with van der Waals surface area (Å²) >= 11 is 0. The maximum absolute atomic E-state index is 11.6. The molecule has 0 aliphatic rings. The van der Waals surface area contributed by atoms with E-state index in [2.05, 4.69) is 4.72 Å². The summed E-state index contributed by atoms with van der Waals surface area (Å²) in [6.07, 6.45) is 4.01. The van der Waals surface area contributed by atoms with Gasteiger partial charge in [-0.05, 0) is 26.3 Å². The molecule has 0 saturated heterocycles. The summed E-state index contributed by atoms with van der Waals surface area (Å²) in [5.41, 5.74) is 1.16. The summed E-state index contributed by atoms with van der Waals surface area (Å²) in [5, 5.41) is 0. The van der Waals surface area contributed by atoms with E-state index in [4.69, 9.17) is 0 Å². The zero-order valence-corrected chi connectivity index (χ0v) is 10.9. The minimum Gasteiger partial charge on any atom is -0.242 e. The SMILES string of the molecule is CC(C)(C)[S@](=O)NCC=Cc1ccccc1. The van der Waals surface area contributed by atoms with E-state index in [1.54, 1.807) is 0 Å². The van der Waals surface area contributed by atoms with E-state index in [-0.39, 0.29) is 4.75 Å². The van der Waals surface area contributed by atoms with Crippen molar-refractivity contribution in [2.75, 3.05) is 6.54 Å². The van der Waals surface area contributed by atoms with Crippen molar-refractivity contribution in [1.82, 2.24) is 4.72 Å². The van der Waals surface area contributed by atoms with Crippen molar-refractivity contribution in [3.63, 3.8) is 0 Å². The molecule has 1 aromatic rings. The minimum atomic E-state index is -0.996. The summed E-state index contributed by atoms with van der Waals surface area (Å²) < 4.78 is 14.4. The van der Waals surface area contributed by atoms with E-state index in [0.29, 0.717) is 6.54 Å². The second-order valence-electron chi connectivity index (χ2n) is 4.54. The van der Waals surface area contributed by atoms with Crippen LogP contribution in [0.25, 0.3) is 6.08 Å². The zero-order chi connectivity index (χ0) is 12.0. The Morgan fingerprint density at radius 1 is 1.25 bits per heavy atom. The molecule has 1 atom stereocenters. The van der Waals surface area contributed by atoms with Crippen LogP contribution in [0.4, 0.5) is 0 Å². The van der Waals surface area contributed by atoms with Gasteiger partial charge in [-0.1, -0.05) is 42.5 Å². The lowest BCUT2D eigenvalue weighted by Gasteiger charge is -2.17. The third-order valence-corrected chi connectivity index (χ3v) is 3.54. The van der Waals surface area contributed by atoms with E-state index >= 15 is 0 Å². The Kier molecular flexibility index (Phi) is 4.90. The largest absolute Gasteiger partial charge is 0.242 e. The lowest BCUT2D eigenvalue weighted by Crippen LogP contribution is -2.33. The molecule has 88 valence electrons. The van der Waals surface area contributed by atoms with Crippen LogP contribution in [0.5, 0.6) is 0 Å². The lowest BCUT2D eigenvalue weighted by atomic mass is 10.2. The monoisotopic (exact) mass is 237 g/mol. The first-order valence-corrected chi connectivity index (χ1v) is 6.52. The first-order chi connectivity index (χ1) is 7.50. The molecule has 0 bridgehead atoms. The molecule has 0 aliphatic carbocycles. The van der Waals surface area contributed by atoms with Gasteiger partial charge in [0.1, 0.15) is 0 Å². The van der Waals surface area contributed by atoms with E-state index in [1.807, 2.05) is 63.3 Å². The molecule has 0 spiro atoms. The van der Waals surface area contributed by atoms with Gasteiger partial charge in [0, 0.05) is 6.54 Å². The van der Waals surface area contributed by atoms with E-state index in [0.717, 1.165) is 5.56 Å². The Hall–Kier alpha value is -0.930. The van der Waals surface area contributed by atoms with E-state index in [9.17, 15) is 4.21 Å². The predicted octanol–water partition coefficient (Wildman–Crippen LogP) is 2.75. The number of hydrogen-bond acceptors (Lipinski definition) is 1. The van der Waals surface area contributed by atoms with Crippen LogP contribution in [0.15, 0.2) is 36.4 Å². The first-order valence-electron chi connectivity index (χ1n) is 5.37. The van der Waals surface area contributed by atoms with Gasteiger partial charge in [-0.15, -0.1) is 0 Å². The number of rotatable bonds is 4. The summed E-state index contributed by atoms with van der Waals surface area (Å²) in [5.74, 6) is 0. The molecule has 0 saturated carbocycles. The van der Waals surface area contributed by atoms with Crippen molar-refractivity contribution < 1.29 is 4.21 Å². The molecule has 0 aromatic heterocycles. The number of nitrogens with one attached hydrogen (secondary N) is 1. The molecule has 0 heterocycles. The number of hydrogen-bond donors (Lipinski definition) is 1. The van der Waals surface area contributed by atoms with Crippen molar-refractivity contribution in [3.05, 3.63) is 42.0 Å². The van der Waals surface area contributed by atoms with Gasteiger partial charge in [0.25, 0.3) is 0 Å². The number of benzene rings is 1. The van der Waals surface area contributed by atoms with Crippen molar-refractivity contribution in [1.29, 1.82) is 0 Å². The molecule has 1 rings (SSSR count). The van der Waals surface area contributed by atoms with Crippen LogP contribution in [0.3, 0.4) is 0 Å². The van der Waals surface area contributed by atoms with Crippen LogP contribution in [-0.4, -0.2) is 15.5 Å². The molecule has 0 fully saturated rings. The molecule has 16 heavy (non-hydrogen) atoms. The molecule has 1 N–H and O–H groups in total. The van der Waals surface area contributed by atoms with Crippen LogP contribution < -0.4 is 4.72 Å². The van der Waals surface area contributed by atoms with Gasteiger partial charge >= 0.3 is 0 Å². The minimum absolute atomic E-state index is 0.208. The summed E-state index contributed by atoms with van der Waals surface area (Å²) in [4.78, 5) is 0. The Morgan fingerprint density at radius 3 is 2.44 bits per heavy atom. The van der Waals surface area contributed by atoms with Gasteiger partial charge in [-0.25, -0.2) is 8.93 Å². The molecule has 3 heteroatoms. The van der Waals surface area contributed by atoms with Crippen LogP contribution >= 0.6 is 0 Å². The highest BCUT2D eigenvalue weighted by atomic mass is 32.2. The fourth-order valence-electron chi connectivity index (χ4n) is 1.10. The average molecular weight is 237 g/mol. The summed E-state index contributed by atoms with van der Waals surface area (Å²) in [7, 11) is -0.996. The lowest BCUT2D eigenvalue weighted by molar-refractivity contribution is 0.639. The second-order valence-corrected chi connectivity index (χ2v) is 6.59. The van der Waals surface area contributed by atoms with Gasteiger partial charge in [0.05, 0.1) is 15.7 Å². The Labute approximate surface area is 100 Å². The third-order valence-electron chi connectivity index (χ3n) is 2.00. The normalized spacial score (nSPS) is 14.2. The van der Waals surface area contributed by atoms with Crippen LogP contribution in [-0.2, 0) is 11.0 Å². The quantitative estimate of drug-likeness (QED) is 0.857. The Balaban J connectivity index is 2.37. The molecule has 2 nitrogen and oxygen atoms in total. The highest BCUT2D eigenvalue weighted by Gasteiger charge is 2.17.